The smallest absolute Gasteiger partial charge is 0.227 e. The first kappa shape index (κ1) is 24.3. The number of aryl methyl sites for hydroxylation is 1. The molecule has 0 radical (unpaired) electrons. The molecule has 0 saturated carbocycles. The fourth-order valence-electron chi connectivity index (χ4n) is 2.82. The monoisotopic (exact) mass is 397 g/mol. The lowest BCUT2D eigenvalue weighted by Crippen LogP contribution is -2.46. The Bertz CT molecular complexity index is 727. The first-order chi connectivity index (χ1) is 14.1. The molecule has 2 heterocycles. The van der Waals surface area contributed by atoms with Crippen molar-refractivity contribution in [2.24, 2.45) is 0 Å². The molecule has 6 nitrogen and oxygen atoms in total. The van der Waals surface area contributed by atoms with Gasteiger partial charge in [-0.1, -0.05) is 32.1 Å². The average Bonchev–Trinajstić information content (AvgIpc) is 2.75. The Hall–Kier alpha value is -2.73. The quantitative estimate of drug-likeness (QED) is 0.588. The number of aromatic nitrogens is 2. The lowest BCUT2D eigenvalue weighted by Gasteiger charge is -2.32. The molecule has 1 N–H and O–H groups in total. The number of rotatable bonds is 6. The van der Waals surface area contributed by atoms with Crippen LogP contribution in [0.25, 0.3) is 0 Å². The van der Waals surface area contributed by atoms with Crippen LogP contribution in [0.5, 0.6) is 0 Å². The Morgan fingerprint density at radius 2 is 1.86 bits per heavy atom. The summed E-state index contributed by atoms with van der Waals surface area (Å²) in [6.45, 7) is 15.8. The molecule has 2 aromatic rings. The van der Waals surface area contributed by atoms with Crippen molar-refractivity contribution in [3.63, 3.8) is 0 Å². The Balaban J connectivity index is 0.000000771. The van der Waals surface area contributed by atoms with Gasteiger partial charge >= 0.3 is 0 Å². The zero-order valence-electron chi connectivity index (χ0n) is 18.3. The Kier molecular flexibility index (Phi) is 12.0. The summed E-state index contributed by atoms with van der Waals surface area (Å²) in [5.74, 6) is 0.622. The lowest BCUT2D eigenvalue weighted by atomic mass is 10.1. The van der Waals surface area contributed by atoms with Gasteiger partial charge in [-0.3, -0.25) is 9.69 Å². The highest BCUT2D eigenvalue weighted by Crippen LogP contribution is 2.15. The Morgan fingerprint density at radius 1 is 1.17 bits per heavy atom. The van der Waals surface area contributed by atoms with E-state index in [4.69, 9.17) is 0 Å². The summed E-state index contributed by atoms with van der Waals surface area (Å²) >= 11 is 0. The molecule has 0 unspecified atom stereocenters. The van der Waals surface area contributed by atoms with Crippen LogP contribution in [0.3, 0.4) is 0 Å². The van der Waals surface area contributed by atoms with E-state index in [2.05, 4.69) is 45.0 Å². The number of nitrogens with one attached hydrogen (secondary N) is 1. The van der Waals surface area contributed by atoms with Crippen molar-refractivity contribution in [1.82, 2.24) is 19.8 Å². The molecule has 1 saturated heterocycles. The molecule has 1 aromatic carbocycles. The average molecular weight is 398 g/mol. The maximum absolute atomic E-state index is 10.7. The van der Waals surface area contributed by atoms with Gasteiger partial charge in [0.05, 0.1) is 0 Å². The highest BCUT2D eigenvalue weighted by atomic mass is 16.1. The van der Waals surface area contributed by atoms with E-state index < -0.39 is 0 Å². The van der Waals surface area contributed by atoms with E-state index in [0.717, 1.165) is 56.9 Å². The molecule has 1 aromatic heterocycles. The molecule has 3 rings (SSSR count). The van der Waals surface area contributed by atoms with Crippen molar-refractivity contribution in [3.05, 3.63) is 60.4 Å². The van der Waals surface area contributed by atoms with E-state index in [9.17, 15) is 4.79 Å². The van der Waals surface area contributed by atoms with E-state index in [1.807, 2.05) is 44.7 Å². The summed E-state index contributed by atoms with van der Waals surface area (Å²) in [5, 5.41) is 3.26. The van der Waals surface area contributed by atoms with Gasteiger partial charge in [0.1, 0.15) is 0 Å². The summed E-state index contributed by atoms with van der Waals surface area (Å²) < 4.78 is 0. The van der Waals surface area contributed by atoms with Crippen LogP contribution in [0.4, 0.5) is 11.6 Å². The first-order valence-corrected chi connectivity index (χ1v) is 10.3. The summed E-state index contributed by atoms with van der Waals surface area (Å²) in [6.07, 6.45) is 5.44. The van der Waals surface area contributed by atoms with Crippen molar-refractivity contribution in [2.75, 3.05) is 38.0 Å². The maximum atomic E-state index is 10.7. The highest BCUT2D eigenvalue weighted by Gasteiger charge is 2.14. The Labute approximate surface area is 175 Å². The van der Waals surface area contributed by atoms with Crippen LogP contribution in [0.1, 0.15) is 32.0 Å². The van der Waals surface area contributed by atoms with Gasteiger partial charge in [0.15, 0.2) is 0 Å². The lowest BCUT2D eigenvalue weighted by molar-refractivity contribution is -0.119. The third-order valence-corrected chi connectivity index (χ3v) is 4.25. The van der Waals surface area contributed by atoms with Gasteiger partial charge in [-0.25, -0.2) is 9.97 Å². The first-order valence-electron chi connectivity index (χ1n) is 10.3. The molecule has 0 bridgehead atoms. The van der Waals surface area contributed by atoms with Crippen LogP contribution in [-0.2, 0) is 11.2 Å². The third kappa shape index (κ3) is 9.34. The topological polar surface area (TPSA) is 61.4 Å². The summed E-state index contributed by atoms with van der Waals surface area (Å²) in [4.78, 5) is 23.6. The van der Waals surface area contributed by atoms with E-state index >= 15 is 0 Å². The van der Waals surface area contributed by atoms with Gasteiger partial charge in [0.25, 0.3) is 0 Å². The van der Waals surface area contributed by atoms with Crippen molar-refractivity contribution >= 4 is 18.0 Å². The number of carbonyl (C=O) groups is 1. The zero-order chi connectivity index (χ0) is 21.5. The van der Waals surface area contributed by atoms with Crippen molar-refractivity contribution in [3.8, 4) is 0 Å². The standard InChI is InChI=1S/C18H23N5O.C3H6.C2H6/c1-15-5-7-19-18(20-15)21-17-4-2-3-16(13-17)6-8-22-9-11-23(14-24)12-10-22;1-3-2;1-2/h2-5,7,13-14H,6,8-12H2,1H3,(H,19,20,21);3H,1H2,2H3;1-2H3. The summed E-state index contributed by atoms with van der Waals surface area (Å²) in [7, 11) is 0. The second-order valence-electron chi connectivity index (χ2n) is 6.49. The number of nitrogens with zero attached hydrogens (tertiary/aromatic N) is 4. The van der Waals surface area contributed by atoms with Crippen LogP contribution in [0, 0.1) is 6.92 Å². The minimum atomic E-state index is 0.622. The molecule has 158 valence electrons. The molecule has 0 atom stereocenters. The predicted octanol–water partition coefficient (Wildman–Crippen LogP) is 4.06. The largest absolute Gasteiger partial charge is 0.343 e. The molecule has 1 aliphatic rings. The second kappa shape index (κ2) is 14.3. The maximum Gasteiger partial charge on any atom is 0.227 e. The van der Waals surface area contributed by atoms with Gasteiger partial charge in [-0.2, -0.15) is 0 Å². The molecule has 29 heavy (non-hydrogen) atoms. The SMILES string of the molecule is C=CC.CC.Cc1ccnc(Nc2cccc(CCN3CCN(C=O)CC3)c2)n1. The van der Waals surface area contributed by atoms with Crippen molar-refractivity contribution in [2.45, 2.75) is 34.1 Å². The number of amides is 1. The number of anilines is 2. The number of benzene rings is 1. The van der Waals surface area contributed by atoms with Crippen molar-refractivity contribution in [1.29, 1.82) is 0 Å². The van der Waals surface area contributed by atoms with E-state index in [1.165, 1.54) is 5.56 Å². The zero-order valence-corrected chi connectivity index (χ0v) is 18.3. The van der Waals surface area contributed by atoms with Crippen LogP contribution < -0.4 is 5.32 Å². The van der Waals surface area contributed by atoms with Gasteiger partial charge in [0, 0.05) is 50.3 Å². The fourth-order valence-corrected chi connectivity index (χ4v) is 2.82. The number of piperazine rings is 1. The number of hydrogen-bond acceptors (Lipinski definition) is 5. The highest BCUT2D eigenvalue weighted by molar-refractivity contribution is 5.54. The molecule has 1 aliphatic heterocycles. The number of hydrogen-bond donors (Lipinski definition) is 1. The number of carbonyl (C=O) groups excluding carboxylic acids is 1. The Morgan fingerprint density at radius 3 is 2.48 bits per heavy atom. The van der Waals surface area contributed by atoms with E-state index in [-0.39, 0.29) is 0 Å². The summed E-state index contributed by atoms with van der Waals surface area (Å²) in [6, 6.07) is 10.2. The van der Waals surface area contributed by atoms with Gasteiger partial charge in [-0.05, 0) is 44.0 Å². The van der Waals surface area contributed by atoms with E-state index in [1.54, 1.807) is 12.3 Å². The molecule has 1 fully saturated rings. The molecular formula is C23H35N5O. The van der Waals surface area contributed by atoms with Crippen LogP contribution in [-0.4, -0.2) is 58.9 Å². The fraction of sp³-hybridized carbons (Fsp3) is 0.435. The normalized spacial score (nSPS) is 13.3. The van der Waals surface area contributed by atoms with Crippen LogP contribution in [0.15, 0.2) is 49.2 Å². The molecular weight excluding hydrogens is 362 g/mol. The van der Waals surface area contributed by atoms with Crippen LogP contribution in [0.2, 0.25) is 0 Å². The van der Waals surface area contributed by atoms with Gasteiger partial charge < -0.3 is 10.2 Å². The molecule has 0 aliphatic carbocycles. The van der Waals surface area contributed by atoms with Crippen LogP contribution >= 0.6 is 0 Å². The number of allylic oxidation sites excluding steroid dienone is 1. The predicted molar refractivity (Wildman–Crippen MR) is 121 cm³/mol. The van der Waals surface area contributed by atoms with E-state index in [0.29, 0.717) is 5.95 Å². The molecule has 0 spiro atoms. The second-order valence-corrected chi connectivity index (χ2v) is 6.49. The summed E-state index contributed by atoms with van der Waals surface area (Å²) in [5.41, 5.74) is 3.23. The van der Waals surface area contributed by atoms with Gasteiger partial charge in [0.2, 0.25) is 12.4 Å². The minimum absolute atomic E-state index is 0.622. The van der Waals surface area contributed by atoms with Crippen molar-refractivity contribution < 1.29 is 4.79 Å². The third-order valence-electron chi connectivity index (χ3n) is 4.25. The van der Waals surface area contributed by atoms with Gasteiger partial charge in [-0.15, -0.1) is 6.58 Å². The molecule has 6 heteroatoms. The molecule has 1 amide bonds. The minimum Gasteiger partial charge on any atom is -0.343 e.